The molecule has 0 amide bonds. The molecule has 630 valence electrons. The molecule has 0 saturated carbocycles. The largest absolute Gasteiger partial charge is 0.472 e. The average molecular weight is 1550 g/mol. The molecule has 0 saturated heterocycles. The Morgan fingerprint density at radius 3 is 0.717 bits per heavy atom. The molecule has 0 heterocycles. The highest BCUT2D eigenvalue weighted by Crippen LogP contribution is 2.45. The van der Waals surface area contributed by atoms with E-state index < -0.39 is 97.5 Å². The standard InChI is InChI=1S/C87H170O17P2/c1-8-11-12-13-14-15-16-17-18-19-20-21-22-25-32-37-42-47-56-63-70-86(91)103-82(74-97-84(89)68-61-54-46-41-36-31-26-23-24-29-34-39-44-51-58-65-78(4)5)76-101-105(93,94)99-72-81(88)73-100-106(95,96)102-77-83(75-98-85(90)69-62-55-50-49-53-60-67-80(7)10-3)104-87(92)71-64-57-48-43-38-33-28-27-30-35-40-45-52-59-66-79(6)9-2/h78-83,88H,8-77H2,1-7H3,(H,93,94)(H,95,96)/t79?,80?,81-,82-,83-/m1/s1. The fourth-order valence-corrected chi connectivity index (χ4v) is 15.1. The first kappa shape index (κ1) is 104. The van der Waals surface area contributed by atoms with E-state index in [2.05, 4.69) is 48.5 Å². The van der Waals surface area contributed by atoms with E-state index in [9.17, 15) is 43.2 Å². The number of unbranched alkanes of at least 4 members (excludes halogenated alkanes) is 51. The normalized spacial score (nSPS) is 14.4. The van der Waals surface area contributed by atoms with Gasteiger partial charge in [0.15, 0.2) is 12.2 Å². The van der Waals surface area contributed by atoms with Crippen molar-refractivity contribution >= 4 is 39.5 Å². The van der Waals surface area contributed by atoms with Crippen LogP contribution < -0.4 is 0 Å². The summed E-state index contributed by atoms with van der Waals surface area (Å²) >= 11 is 0. The van der Waals surface area contributed by atoms with Gasteiger partial charge in [0.2, 0.25) is 0 Å². The van der Waals surface area contributed by atoms with Gasteiger partial charge in [0, 0.05) is 25.7 Å². The van der Waals surface area contributed by atoms with Gasteiger partial charge >= 0.3 is 39.5 Å². The first-order valence-electron chi connectivity index (χ1n) is 44.9. The van der Waals surface area contributed by atoms with Crippen LogP contribution in [0.15, 0.2) is 0 Å². The minimum atomic E-state index is -4.97. The number of rotatable bonds is 85. The van der Waals surface area contributed by atoms with E-state index in [0.717, 1.165) is 114 Å². The Labute approximate surface area is 651 Å². The number of ether oxygens (including phenoxy) is 4. The van der Waals surface area contributed by atoms with Crippen LogP contribution in [0.2, 0.25) is 0 Å². The monoisotopic (exact) mass is 1550 g/mol. The molecule has 0 bridgehead atoms. The highest BCUT2D eigenvalue weighted by atomic mass is 31.2. The summed E-state index contributed by atoms with van der Waals surface area (Å²) in [4.78, 5) is 73.3. The van der Waals surface area contributed by atoms with Gasteiger partial charge in [-0.15, -0.1) is 0 Å². The molecule has 3 N–H and O–H groups in total. The quantitative estimate of drug-likeness (QED) is 0.0222. The van der Waals surface area contributed by atoms with Crippen molar-refractivity contribution in [2.24, 2.45) is 17.8 Å². The SMILES string of the molecule is CCCCCCCCCCCCCCCCCCCCCCC(=O)O[C@H](COC(=O)CCCCCCCCCCCCCCCCCC(C)C)COP(=O)(O)OC[C@@H](O)COP(=O)(O)OC[C@@H](COC(=O)CCCCCCCCC(C)CC)OC(=O)CCCCCCCCCCCCCCCCC(C)CC. The maximum atomic E-state index is 13.2. The van der Waals surface area contributed by atoms with Gasteiger partial charge in [-0.2, -0.15) is 0 Å². The summed E-state index contributed by atoms with van der Waals surface area (Å²) in [6, 6.07) is 0. The molecule has 0 rings (SSSR count). The lowest BCUT2D eigenvalue weighted by atomic mass is 9.99. The lowest BCUT2D eigenvalue weighted by molar-refractivity contribution is -0.161. The molecule has 0 radical (unpaired) electrons. The Balaban J connectivity index is 5.24. The van der Waals surface area contributed by atoms with Gasteiger partial charge in [0.1, 0.15) is 19.3 Å². The molecule has 19 heteroatoms. The summed E-state index contributed by atoms with van der Waals surface area (Å²) < 4.78 is 68.9. The number of phosphoric ester groups is 2. The van der Waals surface area contributed by atoms with Crippen molar-refractivity contribution < 1.29 is 80.2 Å². The maximum absolute atomic E-state index is 13.2. The van der Waals surface area contributed by atoms with E-state index in [1.807, 2.05) is 0 Å². The van der Waals surface area contributed by atoms with Crippen LogP contribution in [0.1, 0.15) is 459 Å². The predicted octanol–water partition coefficient (Wildman–Crippen LogP) is 26.5. The van der Waals surface area contributed by atoms with Crippen LogP contribution in [0.5, 0.6) is 0 Å². The van der Waals surface area contributed by atoms with Crippen LogP contribution in [0.3, 0.4) is 0 Å². The summed E-state index contributed by atoms with van der Waals surface area (Å²) in [6.45, 7) is 12.0. The zero-order valence-corrected chi connectivity index (χ0v) is 71.7. The van der Waals surface area contributed by atoms with Crippen molar-refractivity contribution in [2.45, 2.75) is 478 Å². The highest BCUT2D eigenvalue weighted by molar-refractivity contribution is 7.47. The molecule has 17 nitrogen and oxygen atoms in total. The van der Waals surface area contributed by atoms with E-state index >= 15 is 0 Å². The number of phosphoric acid groups is 2. The molecular weight excluding hydrogens is 1380 g/mol. The van der Waals surface area contributed by atoms with Crippen molar-refractivity contribution in [2.75, 3.05) is 39.6 Å². The van der Waals surface area contributed by atoms with Crippen molar-refractivity contribution in [3.8, 4) is 0 Å². The van der Waals surface area contributed by atoms with Crippen LogP contribution in [-0.2, 0) is 65.4 Å². The van der Waals surface area contributed by atoms with Gasteiger partial charge in [-0.3, -0.25) is 37.3 Å². The second-order valence-electron chi connectivity index (χ2n) is 32.2. The lowest BCUT2D eigenvalue weighted by Gasteiger charge is -2.21. The molecule has 0 aliphatic heterocycles. The van der Waals surface area contributed by atoms with Crippen molar-refractivity contribution in [3.05, 3.63) is 0 Å². The highest BCUT2D eigenvalue weighted by Gasteiger charge is 2.31. The van der Waals surface area contributed by atoms with Crippen LogP contribution >= 0.6 is 15.6 Å². The zero-order valence-electron chi connectivity index (χ0n) is 69.9. The van der Waals surface area contributed by atoms with Crippen LogP contribution in [0.4, 0.5) is 0 Å². The van der Waals surface area contributed by atoms with E-state index in [1.54, 1.807) is 0 Å². The molecule has 0 aromatic heterocycles. The number of aliphatic hydroxyl groups excluding tert-OH is 1. The third-order valence-corrected chi connectivity index (χ3v) is 23.0. The Hall–Kier alpha value is -1.94. The summed E-state index contributed by atoms with van der Waals surface area (Å²) in [5.41, 5.74) is 0. The van der Waals surface area contributed by atoms with Crippen LogP contribution in [-0.4, -0.2) is 96.7 Å². The Morgan fingerprint density at radius 1 is 0.274 bits per heavy atom. The second kappa shape index (κ2) is 77.0. The molecule has 0 aliphatic rings. The van der Waals surface area contributed by atoms with Crippen molar-refractivity contribution in [1.29, 1.82) is 0 Å². The molecule has 0 aromatic carbocycles. The van der Waals surface area contributed by atoms with E-state index in [1.165, 1.54) is 263 Å². The maximum Gasteiger partial charge on any atom is 0.472 e. The molecule has 0 aromatic rings. The number of esters is 4. The Morgan fingerprint density at radius 2 is 0.481 bits per heavy atom. The Kier molecular flexibility index (Phi) is 75.6. The van der Waals surface area contributed by atoms with Gasteiger partial charge in [-0.1, -0.05) is 408 Å². The third kappa shape index (κ3) is 77.4. The van der Waals surface area contributed by atoms with Gasteiger partial charge < -0.3 is 33.8 Å². The van der Waals surface area contributed by atoms with Gasteiger partial charge in [-0.25, -0.2) is 9.13 Å². The molecule has 0 spiro atoms. The molecule has 0 fully saturated rings. The Bertz CT molecular complexity index is 2050. The van der Waals surface area contributed by atoms with E-state index in [4.69, 9.17) is 37.0 Å². The second-order valence-corrected chi connectivity index (χ2v) is 35.1. The molecule has 7 atom stereocenters. The summed E-state index contributed by atoms with van der Waals surface area (Å²) in [7, 11) is -9.93. The predicted molar refractivity (Wildman–Crippen MR) is 437 cm³/mol. The number of carbonyl (C=O) groups is 4. The topological polar surface area (TPSA) is 237 Å². The smallest absolute Gasteiger partial charge is 0.462 e. The van der Waals surface area contributed by atoms with Crippen LogP contribution in [0.25, 0.3) is 0 Å². The number of hydrogen-bond acceptors (Lipinski definition) is 15. The first-order valence-corrected chi connectivity index (χ1v) is 47.9. The number of hydrogen-bond donors (Lipinski definition) is 3. The average Bonchev–Trinajstić information content (AvgIpc) is 0.929. The molecular formula is C87H170O17P2. The van der Waals surface area contributed by atoms with Gasteiger partial charge in [0.05, 0.1) is 26.4 Å². The molecule has 4 unspecified atom stereocenters. The lowest BCUT2D eigenvalue weighted by Crippen LogP contribution is -2.30. The third-order valence-electron chi connectivity index (χ3n) is 21.1. The number of carbonyl (C=O) groups excluding carboxylic acids is 4. The van der Waals surface area contributed by atoms with Crippen molar-refractivity contribution in [3.63, 3.8) is 0 Å². The fraction of sp³-hybridized carbons (Fsp3) is 0.954. The first-order chi connectivity index (χ1) is 51.3. The van der Waals surface area contributed by atoms with E-state index in [-0.39, 0.29) is 25.7 Å². The molecule has 0 aliphatic carbocycles. The fourth-order valence-electron chi connectivity index (χ4n) is 13.5. The van der Waals surface area contributed by atoms with Crippen LogP contribution in [0, 0.1) is 17.8 Å². The molecule has 106 heavy (non-hydrogen) atoms. The zero-order chi connectivity index (χ0) is 77.9. The summed E-state index contributed by atoms with van der Waals surface area (Å²) in [5.74, 6) is 0.278. The summed E-state index contributed by atoms with van der Waals surface area (Å²) in [6.07, 6.45) is 68.0. The van der Waals surface area contributed by atoms with Gasteiger partial charge in [-0.05, 0) is 43.4 Å². The van der Waals surface area contributed by atoms with E-state index in [0.29, 0.717) is 25.7 Å². The van der Waals surface area contributed by atoms with Crippen molar-refractivity contribution in [1.82, 2.24) is 0 Å². The summed E-state index contributed by atoms with van der Waals surface area (Å²) in [5, 5.41) is 10.7. The number of aliphatic hydroxyl groups is 1. The minimum absolute atomic E-state index is 0.107. The minimum Gasteiger partial charge on any atom is -0.462 e. The van der Waals surface area contributed by atoms with Gasteiger partial charge in [0.25, 0.3) is 0 Å².